The van der Waals surface area contributed by atoms with Crippen LogP contribution in [0.3, 0.4) is 0 Å². The summed E-state index contributed by atoms with van der Waals surface area (Å²) in [4.78, 5) is 11.1. The van der Waals surface area contributed by atoms with Gasteiger partial charge in [0, 0.05) is 5.56 Å². The van der Waals surface area contributed by atoms with Crippen molar-refractivity contribution in [2.75, 3.05) is 6.54 Å². The third kappa shape index (κ3) is 2.19. The van der Waals surface area contributed by atoms with Crippen LogP contribution in [-0.2, 0) is 10.3 Å². The highest BCUT2D eigenvalue weighted by Crippen LogP contribution is 2.24. The van der Waals surface area contributed by atoms with E-state index in [0.29, 0.717) is 6.54 Å². The van der Waals surface area contributed by atoms with Gasteiger partial charge < -0.3 is 5.11 Å². The van der Waals surface area contributed by atoms with Crippen LogP contribution in [0.5, 0.6) is 0 Å². The molecule has 88 valence electrons. The molecule has 1 aromatic rings. The zero-order chi connectivity index (χ0) is 12.3. The van der Waals surface area contributed by atoms with E-state index in [9.17, 15) is 13.6 Å². The summed E-state index contributed by atoms with van der Waals surface area (Å²) in [6, 6.07) is 2.77. The molecule has 0 saturated carbocycles. The Labute approximate surface area is 92.1 Å². The smallest absolute Gasteiger partial charge is 0.328 e. The first kappa shape index (κ1) is 12.6. The zero-order valence-corrected chi connectivity index (χ0v) is 9.05. The summed E-state index contributed by atoms with van der Waals surface area (Å²) >= 11 is 0. The first-order chi connectivity index (χ1) is 7.41. The molecule has 3 nitrogen and oxygen atoms in total. The van der Waals surface area contributed by atoms with Gasteiger partial charge in [-0.15, -0.1) is 0 Å². The lowest BCUT2D eigenvalue weighted by molar-refractivity contribution is -0.144. The van der Waals surface area contributed by atoms with E-state index in [1.807, 2.05) is 0 Å². The van der Waals surface area contributed by atoms with E-state index < -0.39 is 23.1 Å². The van der Waals surface area contributed by atoms with Gasteiger partial charge in [-0.3, -0.25) is 5.32 Å². The van der Waals surface area contributed by atoms with E-state index in [1.165, 1.54) is 6.92 Å². The number of carboxylic acids is 1. The number of benzene rings is 1. The van der Waals surface area contributed by atoms with Crippen molar-refractivity contribution in [3.63, 3.8) is 0 Å². The van der Waals surface area contributed by atoms with Gasteiger partial charge in [-0.2, -0.15) is 0 Å². The highest BCUT2D eigenvalue weighted by atomic mass is 19.1. The van der Waals surface area contributed by atoms with Crippen LogP contribution in [0.15, 0.2) is 18.2 Å². The number of rotatable bonds is 4. The Morgan fingerprint density at radius 2 is 2.12 bits per heavy atom. The first-order valence-electron chi connectivity index (χ1n) is 4.85. The van der Waals surface area contributed by atoms with Crippen LogP contribution in [-0.4, -0.2) is 17.6 Å². The van der Waals surface area contributed by atoms with Crippen molar-refractivity contribution < 1.29 is 18.7 Å². The SMILES string of the molecule is CCNC(C)(C(=O)O)c1cc(F)ccc1F. The average molecular weight is 229 g/mol. The number of halogens is 2. The molecule has 0 amide bonds. The fraction of sp³-hybridized carbons (Fsp3) is 0.364. The molecule has 1 aromatic carbocycles. The van der Waals surface area contributed by atoms with Crippen molar-refractivity contribution in [2.24, 2.45) is 0 Å². The second-order valence-electron chi connectivity index (χ2n) is 3.58. The average Bonchev–Trinajstić information content (AvgIpc) is 2.21. The quantitative estimate of drug-likeness (QED) is 0.828. The van der Waals surface area contributed by atoms with E-state index in [-0.39, 0.29) is 5.56 Å². The number of likely N-dealkylation sites (N-methyl/N-ethyl adjacent to an activating group) is 1. The molecule has 1 unspecified atom stereocenters. The Hall–Kier alpha value is -1.49. The Morgan fingerprint density at radius 3 is 2.62 bits per heavy atom. The highest BCUT2D eigenvalue weighted by molar-refractivity contribution is 5.80. The Balaban J connectivity index is 3.31. The standard InChI is InChI=1S/C11H13F2NO2/c1-3-14-11(2,10(15)16)8-6-7(12)4-5-9(8)13/h4-6,14H,3H2,1-2H3,(H,15,16). The van der Waals surface area contributed by atoms with Crippen LogP contribution in [0.1, 0.15) is 19.4 Å². The van der Waals surface area contributed by atoms with Gasteiger partial charge in [0.25, 0.3) is 0 Å². The minimum Gasteiger partial charge on any atom is -0.480 e. The third-order valence-corrected chi connectivity index (χ3v) is 2.43. The maximum atomic E-state index is 13.5. The van der Waals surface area contributed by atoms with Crippen molar-refractivity contribution in [3.05, 3.63) is 35.4 Å². The Kier molecular flexibility index (Phi) is 3.59. The van der Waals surface area contributed by atoms with Crippen molar-refractivity contribution in [2.45, 2.75) is 19.4 Å². The van der Waals surface area contributed by atoms with Gasteiger partial charge in [0.15, 0.2) is 0 Å². The number of hydrogen-bond donors (Lipinski definition) is 2. The van der Waals surface area contributed by atoms with Gasteiger partial charge >= 0.3 is 5.97 Å². The lowest BCUT2D eigenvalue weighted by Crippen LogP contribution is -2.47. The van der Waals surface area contributed by atoms with Gasteiger partial charge in [-0.1, -0.05) is 6.92 Å². The normalized spacial score (nSPS) is 14.5. The molecule has 0 aliphatic heterocycles. The van der Waals surface area contributed by atoms with Crippen LogP contribution >= 0.6 is 0 Å². The summed E-state index contributed by atoms with van der Waals surface area (Å²) in [5.74, 6) is -2.66. The molecule has 1 atom stereocenters. The molecule has 0 saturated heterocycles. The predicted octanol–water partition coefficient (Wildman–Crippen LogP) is 1.87. The van der Waals surface area contributed by atoms with Crippen LogP contribution < -0.4 is 5.32 Å². The lowest BCUT2D eigenvalue weighted by Gasteiger charge is -2.26. The van der Waals surface area contributed by atoms with Crippen LogP contribution in [0.25, 0.3) is 0 Å². The minimum absolute atomic E-state index is 0.207. The van der Waals surface area contributed by atoms with E-state index in [2.05, 4.69) is 5.32 Å². The Bertz CT molecular complexity index is 409. The minimum atomic E-state index is -1.62. The maximum absolute atomic E-state index is 13.5. The molecule has 5 heteroatoms. The van der Waals surface area contributed by atoms with Crippen LogP contribution in [0, 0.1) is 11.6 Å². The number of nitrogens with one attached hydrogen (secondary N) is 1. The molecular formula is C11H13F2NO2. The summed E-state index contributed by atoms with van der Waals surface area (Å²) in [6.45, 7) is 3.33. The molecular weight excluding hydrogens is 216 g/mol. The summed E-state index contributed by atoms with van der Waals surface area (Å²) < 4.78 is 26.5. The van der Waals surface area contributed by atoms with Crippen molar-refractivity contribution in [1.82, 2.24) is 5.32 Å². The molecule has 2 N–H and O–H groups in total. The summed E-state index contributed by atoms with van der Waals surface area (Å²) in [6.07, 6.45) is 0. The van der Waals surface area contributed by atoms with Gasteiger partial charge in [0.1, 0.15) is 17.2 Å². The second-order valence-corrected chi connectivity index (χ2v) is 3.58. The van der Waals surface area contributed by atoms with E-state index in [0.717, 1.165) is 18.2 Å². The third-order valence-electron chi connectivity index (χ3n) is 2.43. The molecule has 0 aliphatic carbocycles. The molecule has 0 radical (unpaired) electrons. The van der Waals surface area contributed by atoms with Gasteiger partial charge in [0.2, 0.25) is 0 Å². The van der Waals surface area contributed by atoms with Crippen molar-refractivity contribution >= 4 is 5.97 Å². The predicted molar refractivity (Wildman–Crippen MR) is 55.0 cm³/mol. The van der Waals surface area contributed by atoms with Crippen molar-refractivity contribution in [3.8, 4) is 0 Å². The molecule has 0 aliphatic rings. The molecule has 0 fully saturated rings. The van der Waals surface area contributed by atoms with Gasteiger partial charge in [-0.05, 0) is 31.7 Å². The number of carbonyl (C=O) groups is 1. The molecule has 16 heavy (non-hydrogen) atoms. The summed E-state index contributed by atoms with van der Waals surface area (Å²) in [5, 5.41) is 11.7. The van der Waals surface area contributed by atoms with E-state index in [4.69, 9.17) is 5.11 Å². The van der Waals surface area contributed by atoms with Crippen molar-refractivity contribution in [1.29, 1.82) is 0 Å². The topological polar surface area (TPSA) is 49.3 Å². The number of aliphatic carboxylic acids is 1. The van der Waals surface area contributed by atoms with E-state index in [1.54, 1.807) is 6.92 Å². The largest absolute Gasteiger partial charge is 0.480 e. The fourth-order valence-corrected chi connectivity index (χ4v) is 1.52. The fourth-order valence-electron chi connectivity index (χ4n) is 1.52. The number of hydrogen-bond acceptors (Lipinski definition) is 2. The molecule has 0 aromatic heterocycles. The van der Waals surface area contributed by atoms with Crippen LogP contribution in [0.4, 0.5) is 8.78 Å². The number of carboxylic acid groups (broad SMARTS) is 1. The summed E-state index contributed by atoms with van der Waals surface area (Å²) in [7, 11) is 0. The monoisotopic (exact) mass is 229 g/mol. The molecule has 0 spiro atoms. The molecule has 1 rings (SSSR count). The zero-order valence-electron chi connectivity index (χ0n) is 9.05. The second kappa shape index (κ2) is 4.57. The van der Waals surface area contributed by atoms with Crippen LogP contribution in [0.2, 0.25) is 0 Å². The lowest BCUT2D eigenvalue weighted by atomic mass is 9.91. The molecule has 0 heterocycles. The Morgan fingerprint density at radius 1 is 1.50 bits per heavy atom. The van der Waals surface area contributed by atoms with Gasteiger partial charge in [-0.25, -0.2) is 13.6 Å². The first-order valence-corrected chi connectivity index (χ1v) is 4.85. The molecule has 0 bridgehead atoms. The summed E-state index contributed by atoms with van der Waals surface area (Å²) in [5.41, 5.74) is -1.83. The van der Waals surface area contributed by atoms with Gasteiger partial charge in [0.05, 0.1) is 0 Å². The maximum Gasteiger partial charge on any atom is 0.328 e. The highest BCUT2D eigenvalue weighted by Gasteiger charge is 2.36. The van der Waals surface area contributed by atoms with E-state index >= 15 is 0 Å².